The third-order valence-electron chi connectivity index (χ3n) is 4.75. The summed E-state index contributed by atoms with van der Waals surface area (Å²) in [5, 5.41) is 3.61. The molecule has 0 bridgehead atoms. The van der Waals surface area contributed by atoms with Crippen LogP contribution >= 0.6 is 11.3 Å². The van der Waals surface area contributed by atoms with Crippen molar-refractivity contribution in [1.29, 1.82) is 0 Å². The Hall–Kier alpha value is -3.52. The lowest BCUT2D eigenvalue weighted by Gasteiger charge is -2.20. The predicted octanol–water partition coefficient (Wildman–Crippen LogP) is 5.70. The lowest BCUT2D eigenvalue weighted by molar-refractivity contribution is -0.226. The number of alkyl halides is 6. The van der Waals surface area contributed by atoms with Crippen LogP contribution in [-0.4, -0.2) is 26.3 Å². The molecule has 7 nitrogen and oxygen atoms in total. The highest BCUT2D eigenvalue weighted by atomic mass is 32.1. The van der Waals surface area contributed by atoms with Gasteiger partial charge in [0.15, 0.2) is 11.9 Å². The zero-order chi connectivity index (χ0) is 25.4. The zero-order valence-electron chi connectivity index (χ0n) is 17.6. The number of aromatic nitrogens is 4. The summed E-state index contributed by atoms with van der Waals surface area (Å²) >= 11 is 0.668. The number of halogens is 6. The third-order valence-corrected chi connectivity index (χ3v) is 6.00. The monoisotopic (exact) mass is 516 g/mol. The molecule has 1 N–H and O–H groups in total. The third kappa shape index (κ3) is 5.59. The standard InChI is InChI=1S/C21H14F6N4O3S/c1-10-15(35-18(29-10)13-6-7-14(28-8-13)20(22,23)24)16(21(25,26)27)33-9-11-2-4-12(5-3-11)17-30-19(32)34-31-17/h2-8,16H,9H2,1H3,(H,30,31,32). The maximum atomic E-state index is 13.8. The second-order valence-corrected chi connectivity index (χ2v) is 8.30. The van der Waals surface area contributed by atoms with E-state index in [1.54, 1.807) is 0 Å². The molecule has 1 atom stereocenters. The minimum atomic E-state index is -4.77. The molecule has 3 heterocycles. The zero-order valence-corrected chi connectivity index (χ0v) is 18.4. The molecule has 3 aromatic heterocycles. The Morgan fingerprint density at radius 3 is 2.29 bits per heavy atom. The molecule has 1 aromatic carbocycles. The molecule has 0 radical (unpaired) electrons. The van der Waals surface area contributed by atoms with E-state index in [1.165, 1.54) is 31.2 Å². The highest BCUT2D eigenvalue weighted by molar-refractivity contribution is 7.15. The number of rotatable bonds is 6. The van der Waals surface area contributed by atoms with E-state index in [0.29, 0.717) is 22.5 Å². The van der Waals surface area contributed by atoms with E-state index in [2.05, 4.69) is 24.6 Å². The molecule has 0 aliphatic carbocycles. The van der Waals surface area contributed by atoms with Crippen molar-refractivity contribution in [3.05, 3.63) is 75.0 Å². The first-order chi connectivity index (χ1) is 16.4. The van der Waals surface area contributed by atoms with Crippen LogP contribution < -0.4 is 5.76 Å². The fraction of sp³-hybridized carbons (Fsp3) is 0.238. The van der Waals surface area contributed by atoms with Gasteiger partial charge in [-0.05, 0) is 24.6 Å². The van der Waals surface area contributed by atoms with Gasteiger partial charge in [0.2, 0.25) is 0 Å². The van der Waals surface area contributed by atoms with Gasteiger partial charge < -0.3 is 4.74 Å². The summed E-state index contributed by atoms with van der Waals surface area (Å²) in [6.45, 7) is 0.969. The van der Waals surface area contributed by atoms with Crippen LogP contribution in [0.1, 0.15) is 27.9 Å². The van der Waals surface area contributed by atoms with Gasteiger partial charge in [0.05, 0.1) is 17.2 Å². The van der Waals surface area contributed by atoms with Gasteiger partial charge >= 0.3 is 18.1 Å². The average molecular weight is 516 g/mol. The maximum absolute atomic E-state index is 13.8. The van der Waals surface area contributed by atoms with Crippen molar-refractivity contribution in [2.45, 2.75) is 32.0 Å². The summed E-state index contributed by atoms with van der Waals surface area (Å²) in [5.74, 6) is -0.576. The Bertz CT molecular complexity index is 1360. The molecule has 4 rings (SSSR count). The number of aryl methyl sites for hydroxylation is 1. The van der Waals surface area contributed by atoms with Gasteiger partial charge in [0.1, 0.15) is 10.7 Å². The van der Waals surface area contributed by atoms with Gasteiger partial charge in [-0.1, -0.05) is 29.4 Å². The highest BCUT2D eigenvalue weighted by Crippen LogP contribution is 2.42. The summed E-state index contributed by atoms with van der Waals surface area (Å²) in [5.41, 5.74) is -0.0206. The van der Waals surface area contributed by atoms with Crippen LogP contribution in [0.3, 0.4) is 0 Å². The van der Waals surface area contributed by atoms with Crippen LogP contribution in [0.4, 0.5) is 26.3 Å². The molecular formula is C21H14F6N4O3S. The first-order valence-electron chi connectivity index (χ1n) is 9.76. The van der Waals surface area contributed by atoms with Crippen molar-refractivity contribution in [1.82, 2.24) is 20.1 Å². The minimum Gasteiger partial charge on any atom is -0.358 e. The number of pyridine rings is 1. The van der Waals surface area contributed by atoms with Crippen LogP contribution in [0.5, 0.6) is 0 Å². The average Bonchev–Trinajstić information content (AvgIpc) is 3.39. The Morgan fingerprint density at radius 1 is 1.06 bits per heavy atom. The molecule has 0 fully saturated rings. The number of hydrogen-bond acceptors (Lipinski definition) is 7. The Balaban J connectivity index is 1.53. The van der Waals surface area contributed by atoms with E-state index in [0.717, 1.165) is 18.3 Å². The van der Waals surface area contributed by atoms with E-state index < -0.39 is 36.5 Å². The molecule has 0 amide bonds. The van der Waals surface area contributed by atoms with E-state index in [9.17, 15) is 31.1 Å². The molecular weight excluding hydrogens is 502 g/mol. The van der Waals surface area contributed by atoms with Crippen LogP contribution in [0.25, 0.3) is 22.0 Å². The summed E-state index contributed by atoms with van der Waals surface area (Å²) in [6, 6.07) is 7.92. The molecule has 0 saturated carbocycles. The van der Waals surface area contributed by atoms with Gasteiger partial charge in [-0.15, -0.1) is 11.3 Å². The molecule has 35 heavy (non-hydrogen) atoms. The van der Waals surface area contributed by atoms with E-state index in [4.69, 9.17) is 4.74 Å². The fourth-order valence-electron chi connectivity index (χ4n) is 3.07. The van der Waals surface area contributed by atoms with Gasteiger partial charge in [0.25, 0.3) is 0 Å². The number of nitrogens with one attached hydrogen (secondary N) is 1. The topological polar surface area (TPSA) is 93.9 Å². The number of H-pyrrole nitrogens is 1. The summed E-state index contributed by atoms with van der Waals surface area (Å²) in [6.07, 6.45) is -10.8. The fourth-order valence-corrected chi connectivity index (χ4v) is 4.21. The molecule has 0 aliphatic rings. The SMILES string of the molecule is Cc1nc(-c2ccc(C(F)(F)F)nc2)sc1C(OCc1ccc(-c2noc(=O)[nH]2)cc1)C(F)(F)F. The Kier molecular flexibility index (Phi) is 6.51. The largest absolute Gasteiger partial charge is 0.439 e. The first kappa shape index (κ1) is 24.6. The molecule has 14 heteroatoms. The van der Waals surface area contributed by atoms with Crippen molar-refractivity contribution < 1.29 is 35.6 Å². The van der Waals surface area contributed by atoms with Crippen LogP contribution in [-0.2, 0) is 17.5 Å². The van der Waals surface area contributed by atoms with E-state index >= 15 is 0 Å². The molecule has 1 unspecified atom stereocenters. The summed E-state index contributed by atoms with van der Waals surface area (Å²) in [7, 11) is 0. The molecule has 0 saturated heterocycles. The maximum Gasteiger partial charge on any atom is 0.439 e. The second-order valence-electron chi connectivity index (χ2n) is 7.27. The lowest BCUT2D eigenvalue weighted by Crippen LogP contribution is -2.23. The number of benzene rings is 1. The molecule has 4 aromatic rings. The van der Waals surface area contributed by atoms with Crippen molar-refractivity contribution in [2.75, 3.05) is 0 Å². The quantitative estimate of drug-likeness (QED) is 0.331. The highest BCUT2D eigenvalue weighted by Gasteiger charge is 2.44. The van der Waals surface area contributed by atoms with Gasteiger partial charge in [-0.3, -0.25) is 14.5 Å². The Labute approximate surface area is 196 Å². The number of nitrogens with zero attached hydrogens (tertiary/aromatic N) is 3. The Morgan fingerprint density at radius 2 is 1.74 bits per heavy atom. The molecule has 0 aliphatic heterocycles. The number of ether oxygens (including phenoxy) is 1. The van der Waals surface area contributed by atoms with Crippen molar-refractivity contribution in [3.8, 4) is 22.0 Å². The van der Waals surface area contributed by atoms with E-state index in [-0.39, 0.29) is 27.0 Å². The number of aromatic amines is 1. The minimum absolute atomic E-state index is 0.0394. The van der Waals surface area contributed by atoms with Crippen molar-refractivity contribution in [2.24, 2.45) is 0 Å². The van der Waals surface area contributed by atoms with Crippen molar-refractivity contribution in [3.63, 3.8) is 0 Å². The van der Waals surface area contributed by atoms with Gasteiger partial charge in [0, 0.05) is 17.3 Å². The molecule has 184 valence electrons. The molecule has 0 spiro atoms. The lowest BCUT2D eigenvalue weighted by atomic mass is 10.1. The summed E-state index contributed by atoms with van der Waals surface area (Å²) in [4.78, 5) is 20.6. The van der Waals surface area contributed by atoms with Crippen molar-refractivity contribution >= 4 is 11.3 Å². The number of thiazole rings is 1. The smallest absolute Gasteiger partial charge is 0.358 e. The van der Waals surface area contributed by atoms with Gasteiger partial charge in [-0.2, -0.15) is 26.3 Å². The van der Waals surface area contributed by atoms with Crippen LogP contribution in [0.15, 0.2) is 51.9 Å². The predicted molar refractivity (Wildman–Crippen MR) is 111 cm³/mol. The number of hydrogen-bond donors (Lipinski definition) is 1. The van der Waals surface area contributed by atoms with Gasteiger partial charge in [-0.25, -0.2) is 9.78 Å². The van der Waals surface area contributed by atoms with Crippen LogP contribution in [0, 0.1) is 6.92 Å². The normalized spacial score (nSPS) is 13.2. The van der Waals surface area contributed by atoms with Crippen LogP contribution in [0.2, 0.25) is 0 Å². The first-order valence-corrected chi connectivity index (χ1v) is 10.6. The second kappa shape index (κ2) is 9.26. The summed E-state index contributed by atoms with van der Waals surface area (Å²) < 4.78 is 89.3. The van der Waals surface area contributed by atoms with E-state index in [1.807, 2.05) is 0 Å².